The lowest BCUT2D eigenvalue weighted by molar-refractivity contribution is -0.884. The van der Waals surface area contributed by atoms with E-state index in [-0.39, 0.29) is 17.0 Å². The molecule has 1 saturated heterocycles. The van der Waals surface area contributed by atoms with Gasteiger partial charge in [0.15, 0.2) is 17.0 Å². The molecule has 0 spiro atoms. The van der Waals surface area contributed by atoms with Gasteiger partial charge in [-0.3, -0.25) is 10.2 Å². The van der Waals surface area contributed by atoms with Crippen molar-refractivity contribution in [2.24, 2.45) is 0 Å². The summed E-state index contributed by atoms with van der Waals surface area (Å²) in [4.78, 5) is 18.7. The molecule has 0 saturated carbocycles. The molecule has 1 amide bonds. The fourth-order valence-electron chi connectivity index (χ4n) is 3.04. The number of hydrazine groups is 1. The Labute approximate surface area is 162 Å². The highest BCUT2D eigenvalue weighted by atomic mass is 32.1. The average Bonchev–Trinajstić information content (AvgIpc) is 3.31. The number of rotatable bonds is 3. The summed E-state index contributed by atoms with van der Waals surface area (Å²) < 4.78 is 41.4. The smallest absolute Gasteiger partial charge is 0.335 e. The molecule has 3 aromatic rings. The van der Waals surface area contributed by atoms with Crippen LogP contribution in [0.1, 0.15) is 16.2 Å². The summed E-state index contributed by atoms with van der Waals surface area (Å²) in [6, 6.07) is 5.68. The van der Waals surface area contributed by atoms with Crippen LogP contribution in [0, 0.1) is 0 Å². The van der Waals surface area contributed by atoms with Crippen LogP contribution in [0.15, 0.2) is 29.6 Å². The summed E-state index contributed by atoms with van der Waals surface area (Å²) in [5.41, 5.74) is 1.82. The molecule has 0 unspecified atom stereocenters. The molecule has 0 radical (unpaired) electrons. The Bertz CT molecular complexity index is 992. The van der Waals surface area contributed by atoms with Crippen molar-refractivity contribution < 1.29 is 22.9 Å². The molecular weight excluding hydrogens is 393 g/mol. The van der Waals surface area contributed by atoms with Gasteiger partial charge in [0.1, 0.15) is 0 Å². The minimum atomic E-state index is -4.63. The van der Waals surface area contributed by atoms with Crippen LogP contribution in [0.3, 0.4) is 0 Å². The molecule has 4 rings (SSSR count). The van der Waals surface area contributed by atoms with E-state index >= 15 is 0 Å². The second-order valence-corrected chi connectivity index (χ2v) is 7.63. The molecule has 28 heavy (non-hydrogen) atoms. The second-order valence-electron chi connectivity index (χ2n) is 6.69. The van der Waals surface area contributed by atoms with E-state index in [0.29, 0.717) is 22.5 Å². The van der Waals surface area contributed by atoms with Crippen LogP contribution in [0.25, 0.3) is 16.2 Å². The average molecular weight is 411 g/mol. The summed E-state index contributed by atoms with van der Waals surface area (Å²) >= 11 is 1.29. The van der Waals surface area contributed by atoms with Crippen LogP contribution < -0.4 is 10.3 Å². The topological polar surface area (TPSA) is 67.0 Å². The van der Waals surface area contributed by atoms with Crippen LogP contribution in [-0.4, -0.2) is 58.7 Å². The van der Waals surface area contributed by atoms with Gasteiger partial charge in [-0.25, -0.2) is 14.5 Å². The summed E-state index contributed by atoms with van der Waals surface area (Å²) in [6.45, 7) is 3.07. The van der Waals surface area contributed by atoms with Crippen molar-refractivity contribution in [2.75, 3.05) is 33.2 Å². The lowest BCUT2D eigenvalue weighted by Crippen LogP contribution is -3.12. The fraction of sp³-hybridized carbons (Fsp3) is 0.353. The van der Waals surface area contributed by atoms with Crippen molar-refractivity contribution >= 4 is 22.9 Å². The third-order valence-corrected chi connectivity index (χ3v) is 5.49. The summed E-state index contributed by atoms with van der Waals surface area (Å²) in [5.74, 6) is -0.546. The van der Waals surface area contributed by atoms with Crippen LogP contribution in [0.5, 0.6) is 0 Å². The number of amides is 1. The minimum absolute atomic E-state index is 0.0220. The SMILES string of the molecule is C[NH+]1CCN(NC(=O)c2cc3nc(-c4cccs4)cc(C(F)(F)F)n3n2)CC1. The highest BCUT2D eigenvalue weighted by molar-refractivity contribution is 7.13. The largest absolute Gasteiger partial charge is 0.433 e. The first kappa shape index (κ1) is 18.8. The number of aromatic nitrogens is 3. The number of thiophene rings is 1. The van der Waals surface area contributed by atoms with E-state index in [9.17, 15) is 18.0 Å². The predicted octanol–water partition coefficient (Wildman–Crippen LogP) is 0.952. The van der Waals surface area contributed by atoms with Crippen molar-refractivity contribution in [1.29, 1.82) is 0 Å². The van der Waals surface area contributed by atoms with Gasteiger partial charge in [-0.2, -0.15) is 18.3 Å². The Morgan fingerprint density at radius 3 is 2.68 bits per heavy atom. The lowest BCUT2D eigenvalue weighted by atomic mass is 10.2. The maximum Gasteiger partial charge on any atom is 0.433 e. The number of piperazine rings is 1. The number of likely N-dealkylation sites (N-methyl/N-ethyl adjacent to an activating group) is 1. The van der Waals surface area contributed by atoms with E-state index in [0.717, 1.165) is 19.2 Å². The summed E-state index contributed by atoms with van der Waals surface area (Å²) in [7, 11) is 2.07. The molecule has 7 nitrogen and oxygen atoms in total. The summed E-state index contributed by atoms with van der Waals surface area (Å²) in [5, 5.41) is 7.40. The summed E-state index contributed by atoms with van der Waals surface area (Å²) in [6.07, 6.45) is -4.63. The van der Waals surface area contributed by atoms with E-state index in [1.807, 2.05) is 0 Å². The first-order chi connectivity index (χ1) is 13.3. The van der Waals surface area contributed by atoms with Gasteiger partial charge >= 0.3 is 6.18 Å². The third kappa shape index (κ3) is 3.73. The fourth-order valence-corrected chi connectivity index (χ4v) is 3.73. The van der Waals surface area contributed by atoms with E-state index in [2.05, 4.69) is 22.6 Å². The second kappa shape index (κ2) is 7.15. The van der Waals surface area contributed by atoms with Crippen molar-refractivity contribution in [1.82, 2.24) is 25.0 Å². The van der Waals surface area contributed by atoms with Crippen molar-refractivity contribution in [3.63, 3.8) is 0 Å². The number of carbonyl (C=O) groups excluding carboxylic acids is 1. The number of nitrogens with one attached hydrogen (secondary N) is 2. The number of nitrogens with zero attached hydrogens (tertiary/aromatic N) is 4. The number of fused-ring (bicyclic) bond motifs is 1. The van der Waals surface area contributed by atoms with Gasteiger partial charge in [0.05, 0.1) is 43.8 Å². The Balaban J connectivity index is 1.68. The number of halogens is 3. The third-order valence-electron chi connectivity index (χ3n) is 4.60. The zero-order valence-corrected chi connectivity index (χ0v) is 15.8. The first-order valence-corrected chi connectivity index (χ1v) is 9.58. The Morgan fingerprint density at radius 1 is 1.29 bits per heavy atom. The molecule has 0 aliphatic carbocycles. The number of hydrogen-bond acceptors (Lipinski definition) is 5. The van der Waals surface area contributed by atoms with E-state index in [4.69, 9.17) is 0 Å². The number of hydrogen-bond donors (Lipinski definition) is 2. The van der Waals surface area contributed by atoms with Gasteiger partial charge in [0.2, 0.25) is 0 Å². The van der Waals surface area contributed by atoms with Crippen LogP contribution in [-0.2, 0) is 6.18 Å². The predicted molar refractivity (Wildman–Crippen MR) is 97.0 cm³/mol. The highest BCUT2D eigenvalue weighted by Crippen LogP contribution is 2.33. The molecule has 0 bridgehead atoms. The molecule has 148 valence electrons. The molecule has 1 aliphatic rings. The Hall–Kier alpha value is -2.50. The Kier molecular flexibility index (Phi) is 4.81. The first-order valence-electron chi connectivity index (χ1n) is 8.70. The van der Waals surface area contributed by atoms with E-state index in [1.165, 1.54) is 22.3 Å². The van der Waals surface area contributed by atoms with Crippen LogP contribution in [0.2, 0.25) is 0 Å². The van der Waals surface area contributed by atoms with Crippen LogP contribution >= 0.6 is 11.3 Å². The van der Waals surface area contributed by atoms with Gasteiger partial charge in [0, 0.05) is 6.07 Å². The molecule has 0 aromatic carbocycles. The number of quaternary nitrogens is 1. The van der Waals surface area contributed by atoms with Crippen LogP contribution in [0.4, 0.5) is 13.2 Å². The molecule has 11 heteroatoms. The standard InChI is InChI=1S/C17H17F3N6OS/c1-24-4-6-25(7-5-24)23-16(27)12-10-15-21-11(13-3-2-8-28-13)9-14(17(18,19)20)26(15)22-12/h2-3,8-10H,4-7H2,1H3,(H,23,27)/p+1. The molecule has 3 aromatic heterocycles. The van der Waals surface area contributed by atoms with Gasteiger partial charge in [-0.1, -0.05) is 6.07 Å². The van der Waals surface area contributed by atoms with Crippen molar-refractivity contribution in [3.8, 4) is 10.6 Å². The molecule has 2 N–H and O–H groups in total. The van der Waals surface area contributed by atoms with Gasteiger partial charge in [0.25, 0.3) is 5.91 Å². The maximum atomic E-state index is 13.6. The van der Waals surface area contributed by atoms with Gasteiger partial charge < -0.3 is 4.90 Å². The number of alkyl halides is 3. The van der Waals surface area contributed by atoms with Crippen molar-refractivity contribution in [3.05, 3.63) is 41.0 Å². The molecule has 1 aliphatic heterocycles. The normalized spacial score (nSPS) is 16.6. The molecule has 4 heterocycles. The highest BCUT2D eigenvalue weighted by Gasteiger charge is 2.36. The lowest BCUT2D eigenvalue weighted by Gasteiger charge is -2.29. The van der Waals surface area contributed by atoms with E-state index in [1.54, 1.807) is 22.5 Å². The number of carbonyl (C=O) groups is 1. The molecular formula is C17H18F3N6OS+. The van der Waals surface area contributed by atoms with Crippen molar-refractivity contribution in [2.45, 2.75) is 6.18 Å². The molecule has 1 fully saturated rings. The maximum absolute atomic E-state index is 13.6. The van der Waals surface area contributed by atoms with Gasteiger partial charge in [-0.15, -0.1) is 11.3 Å². The van der Waals surface area contributed by atoms with E-state index < -0.39 is 17.8 Å². The minimum Gasteiger partial charge on any atom is -0.335 e. The Morgan fingerprint density at radius 2 is 2.04 bits per heavy atom. The molecule has 0 atom stereocenters. The zero-order chi connectivity index (χ0) is 19.9. The zero-order valence-electron chi connectivity index (χ0n) is 15.0. The van der Waals surface area contributed by atoms with Gasteiger partial charge in [-0.05, 0) is 17.5 Å². The quantitative estimate of drug-likeness (QED) is 0.674. The monoisotopic (exact) mass is 411 g/mol.